The second-order valence-corrected chi connectivity index (χ2v) is 9.85. The Morgan fingerprint density at radius 2 is 1.92 bits per heavy atom. The van der Waals surface area contributed by atoms with E-state index in [4.69, 9.17) is 4.74 Å². The maximum atomic E-state index is 13.2. The molecule has 2 aliphatic rings. The standard InChI is InChI=1S/C29H34N6O3/c1-4-38-29(37)26-19(2)32-25(22(26)8-6-10-35-13-11-34(3)12-14-35)15-23-27-21(20-16-30-18-31-17-20)7-5-9-24(27)33-28(23)36/h5,7,9,15-18,32H,4,6,8,10-14H2,1-3H3,(H,33,36)/b23-15-. The fraction of sp³-hybridized carbons (Fsp3) is 0.379. The van der Waals surface area contributed by atoms with Crippen LogP contribution in [0.5, 0.6) is 0 Å². The predicted octanol–water partition coefficient (Wildman–Crippen LogP) is 3.63. The number of anilines is 1. The molecule has 2 aromatic heterocycles. The molecule has 1 fully saturated rings. The van der Waals surface area contributed by atoms with E-state index >= 15 is 0 Å². The summed E-state index contributed by atoms with van der Waals surface area (Å²) in [6, 6.07) is 5.76. The number of amides is 1. The summed E-state index contributed by atoms with van der Waals surface area (Å²) in [4.78, 5) is 42.7. The van der Waals surface area contributed by atoms with Crippen LogP contribution in [-0.4, -0.2) is 83.0 Å². The van der Waals surface area contributed by atoms with Crippen LogP contribution in [0, 0.1) is 6.92 Å². The lowest BCUT2D eigenvalue weighted by atomic mass is 9.95. The number of carbonyl (C=O) groups excluding carboxylic acids is 2. The summed E-state index contributed by atoms with van der Waals surface area (Å²) < 4.78 is 5.41. The van der Waals surface area contributed by atoms with Crippen LogP contribution in [0.4, 0.5) is 5.69 Å². The molecule has 1 aromatic carbocycles. The first-order valence-electron chi connectivity index (χ1n) is 13.2. The molecular weight excluding hydrogens is 480 g/mol. The number of fused-ring (bicyclic) bond motifs is 1. The number of hydrogen-bond donors (Lipinski definition) is 2. The average molecular weight is 515 g/mol. The molecule has 9 nitrogen and oxygen atoms in total. The molecule has 198 valence electrons. The smallest absolute Gasteiger partial charge is 0.340 e. The molecule has 2 N–H and O–H groups in total. The number of nitrogens with one attached hydrogen (secondary N) is 2. The third kappa shape index (κ3) is 5.25. The van der Waals surface area contributed by atoms with Crippen molar-refractivity contribution in [3.8, 4) is 11.1 Å². The first-order valence-corrected chi connectivity index (χ1v) is 13.2. The van der Waals surface area contributed by atoms with Crippen LogP contribution in [-0.2, 0) is 16.0 Å². The molecule has 9 heteroatoms. The van der Waals surface area contributed by atoms with Gasteiger partial charge >= 0.3 is 5.97 Å². The summed E-state index contributed by atoms with van der Waals surface area (Å²) >= 11 is 0. The Morgan fingerprint density at radius 1 is 1.16 bits per heavy atom. The Bertz CT molecular complexity index is 1360. The van der Waals surface area contributed by atoms with Crippen molar-refractivity contribution in [1.82, 2.24) is 24.8 Å². The number of benzene rings is 1. The number of hydrogen-bond acceptors (Lipinski definition) is 7. The molecule has 2 aliphatic heterocycles. The van der Waals surface area contributed by atoms with Crippen molar-refractivity contribution in [3.05, 3.63) is 65.0 Å². The maximum absolute atomic E-state index is 13.2. The molecule has 0 spiro atoms. The van der Waals surface area contributed by atoms with Gasteiger partial charge in [-0.2, -0.15) is 0 Å². The third-order valence-electron chi connectivity index (χ3n) is 7.29. The number of ether oxygens (including phenoxy) is 1. The first-order chi connectivity index (χ1) is 18.5. The SMILES string of the molecule is CCOC(=O)c1c(C)[nH]c(/C=C2\C(=O)Nc3cccc(-c4cncnc4)c32)c1CCCN1CCN(C)CC1. The van der Waals surface area contributed by atoms with Crippen molar-refractivity contribution in [3.63, 3.8) is 0 Å². The molecule has 38 heavy (non-hydrogen) atoms. The minimum Gasteiger partial charge on any atom is -0.462 e. The highest BCUT2D eigenvalue weighted by Gasteiger charge is 2.29. The van der Waals surface area contributed by atoms with Crippen LogP contribution < -0.4 is 5.32 Å². The van der Waals surface area contributed by atoms with Crippen molar-refractivity contribution < 1.29 is 14.3 Å². The van der Waals surface area contributed by atoms with Crippen LogP contribution in [0.15, 0.2) is 36.9 Å². The molecular formula is C29H34N6O3. The van der Waals surface area contributed by atoms with Crippen LogP contribution in [0.2, 0.25) is 0 Å². The number of aryl methyl sites for hydroxylation is 1. The van der Waals surface area contributed by atoms with Crippen molar-refractivity contribution in [2.45, 2.75) is 26.7 Å². The van der Waals surface area contributed by atoms with Crippen molar-refractivity contribution >= 4 is 29.2 Å². The summed E-state index contributed by atoms with van der Waals surface area (Å²) in [6.45, 7) is 9.19. The minimum atomic E-state index is -0.334. The number of aromatic nitrogens is 3. The molecule has 0 atom stereocenters. The van der Waals surface area contributed by atoms with Gasteiger partial charge in [0.05, 0.1) is 17.7 Å². The van der Waals surface area contributed by atoms with Gasteiger partial charge in [0.1, 0.15) is 6.33 Å². The van der Waals surface area contributed by atoms with E-state index in [0.29, 0.717) is 24.2 Å². The lowest BCUT2D eigenvalue weighted by Crippen LogP contribution is -2.44. The zero-order valence-electron chi connectivity index (χ0n) is 22.2. The van der Waals surface area contributed by atoms with E-state index < -0.39 is 0 Å². The second-order valence-electron chi connectivity index (χ2n) is 9.85. The topological polar surface area (TPSA) is 103 Å². The van der Waals surface area contributed by atoms with E-state index in [1.807, 2.05) is 38.1 Å². The Labute approximate surface area is 222 Å². The zero-order valence-corrected chi connectivity index (χ0v) is 22.2. The largest absolute Gasteiger partial charge is 0.462 e. The third-order valence-corrected chi connectivity index (χ3v) is 7.29. The summed E-state index contributed by atoms with van der Waals surface area (Å²) in [6.07, 6.45) is 8.44. The average Bonchev–Trinajstić information content (AvgIpc) is 3.41. The van der Waals surface area contributed by atoms with Gasteiger partial charge in [-0.25, -0.2) is 14.8 Å². The van der Waals surface area contributed by atoms with E-state index in [1.165, 1.54) is 6.33 Å². The van der Waals surface area contributed by atoms with Crippen LogP contribution in [0.3, 0.4) is 0 Å². The van der Waals surface area contributed by atoms with Gasteiger partial charge in [-0.15, -0.1) is 0 Å². The van der Waals surface area contributed by atoms with E-state index in [9.17, 15) is 9.59 Å². The van der Waals surface area contributed by atoms with E-state index in [2.05, 4.69) is 37.1 Å². The van der Waals surface area contributed by atoms with Crippen LogP contribution >= 0.6 is 0 Å². The number of esters is 1. The Hall–Kier alpha value is -3.82. The molecule has 0 unspecified atom stereocenters. The monoisotopic (exact) mass is 514 g/mol. The molecule has 0 bridgehead atoms. The fourth-order valence-corrected chi connectivity index (χ4v) is 5.32. The quantitative estimate of drug-likeness (QED) is 0.350. The van der Waals surface area contributed by atoms with Crippen molar-refractivity contribution in [1.29, 1.82) is 0 Å². The molecule has 4 heterocycles. The van der Waals surface area contributed by atoms with Gasteiger partial charge < -0.3 is 24.8 Å². The van der Waals surface area contributed by atoms with Crippen LogP contribution in [0.25, 0.3) is 22.8 Å². The second kappa shape index (κ2) is 11.3. The van der Waals surface area contributed by atoms with Gasteiger partial charge in [0.2, 0.25) is 0 Å². The number of likely N-dealkylation sites (N-methyl/N-ethyl adjacent to an activating group) is 1. The highest BCUT2D eigenvalue weighted by Crippen LogP contribution is 2.40. The summed E-state index contributed by atoms with van der Waals surface area (Å²) in [5.41, 5.74) is 6.76. The Balaban J connectivity index is 1.51. The van der Waals surface area contributed by atoms with E-state index in [1.54, 1.807) is 12.4 Å². The highest BCUT2D eigenvalue weighted by molar-refractivity contribution is 6.36. The van der Waals surface area contributed by atoms with Gasteiger partial charge in [-0.1, -0.05) is 12.1 Å². The Kier molecular flexibility index (Phi) is 7.67. The maximum Gasteiger partial charge on any atom is 0.340 e. The van der Waals surface area contributed by atoms with Gasteiger partial charge in [0.25, 0.3) is 5.91 Å². The van der Waals surface area contributed by atoms with Gasteiger partial charge in [-0.05, 0) is 63.6 Å². The number of carbonyl (C=O) groups is 2. The molecule has 0 radical (unpaired) electrons. The molecule has 3 aromatic rings. The molecule has 0 aliphatic carbocycles. The lowest BCUT2D eigenvalue weighted by Gasteiger charge is -2.32. The zero-order chi connectivity index (χ0) is 26.6. The molecule has 5 rings (SSSR count). The normalized spacial score (nSPS) is 17.0. The predicted molar refractivity (Wildman–Crippen MR) is 148 cm³/mol. The Morgan fingerprint density at radius 3 is 2.66 bits per heavy atom. The summed E-state index contributed by atoms with van der Waals surface area (Å²) in [5, 5.41) is 2.99. The molecule has 1 amide bonds. The first kappa shape index (κ1) is 25.8. The summed E-state index contributed by atoms with van der Waals surface area (Å²) in [7, 11) is 2.15. The van der Waals surface area contributed by atoms with Crippen molar-refractivity contribution in [2.24, 2.45) is 0 Å². The van der Waals surface area contributed by atoms with Crippen molar-refractivity contribution in [2.75, 3.05) is 51.7 Å². The number of piperazine rings is 1. The van der Waals surface area contributed by atoms with E-state index in [0.717, 1.165) is 78.5 Å². The number of rotatable bonds is 8. The number of nitrogens with zero attached hydrogens (tertiary/aromatic N) is 4. The lowest BCUT2D eigenvalue weighted by molar-refractivity contribution is -0.110. The van der Waals surface area contributed by atoms with E-state index in [-0.39, 0.29) is 11.9 Å². The molecule has 1 saturated heterocycles. The molecule has 0 saturated carbocycles. The van der Waals surface area contributed by atoms with Crippen LogP contribution in [0.1, 0.15) is 46.2 Å². The highest BCUT2D eigenvalue weighted by atomic mass is 16.5. The van der Waals surface area contributed by atoms with Gasteiger partial charge in [-0.3, -0.25) is 4.79 Å². The summed E-state index contributed by atoms with van der Waals surface area (Å²) in [5.74, 6) is -0.517. The number of H-pyrrole nitrogens is 1. The number of aromatic amines is 1. The van der Waals surface area contributed by atoms with Gasteiger partial charge in [0, 0.05) is 66.8 Å². The van der Waals surface area contributed by atoms with Gasteiger partial charge in [0.15, 0.2) is 0 Å². The minimum absolute atomic E-state index is 0.183. The fourth-order valence-electron chi connectivity index (χ4n) is 5.32.